The first-order valence-corrected chi connectivity index (χ1v) is 5.89. The number of ether oxygens (including phenoxy) is 1. The van der Waals surface area contributed by atoms with Gasteiger partial charge in [0.1, 0.15) is 17.6 Å². The van der Waals surface area contributed by atoms with Gasteiger partial charge in [-0.25, -0.2) is 9.97 Å². The summed E-state index contributed by atoms with van der Waals surface area (Å²) in [5.41, 5.74) is 8.93. The monoisotopic (exact) mass is 255 g/mol. The first-order chi connectivity index (χ1) is 9.28. The molecule has 96 valence electrons. The van der Waals surface area contributed by atoms with E-state index in [0.717, 1.165) is 16.9 Å². The predicted octanol–water partition coefficient (Wildman–Crippen LogP) is 1.91. The van der Waals surface area contributed by atoms with Gasteiger partial charge >= 0.3 is 0 Å². The number of nitrogens with zero attached hydrogens (tertiary/aromatic N) is 3. The molecular weight excluding hydrogens is 242 g/mol. The second-order valence-electron chi connectivity index (χ2n) is 4.19. The SMILES string of the molecule is Cc1ccc(CN)cc1Oc1ncnc2nc[nH]c12. The van der Waals surface area contributed by atoms with Gasteiger partial charge in [-0.1, -0.05) is 12.1 Å². The molecule has 0 aliphatic carbocycles. The number of H-pyrrole nitrogens is 1. The Bertz CT molecular complexity index is 722. The molecule has 6 nitrogen and oxygen atoms in total. The van der Waals surface area contributed by atoms with Crippen LogP contribution in [-0.4, -0.2) is 19.9 Å². The Balaban J connectivity index is 2.03. The summed E-state index contributed by atoms with van der Waals surface area (Å²) in [4.78, 5) is 15.2. The van der Waals surface area contributed by atoms with Crippen LogP contribution in [0.3, 0.4) is 0 Å². The van der Waals surface area contributed by atoms with E-state index in [4.69, 9.17) is 10.5 Å². The molecule has 3 N–H and O–H groups in total. The third-order valence-electron chi connectivity index (χ3n) is 2.88. The average molecular weight is 255 g/mol. The van der Waals surface area contributed by atoms with Crippen LogP contribution >= 0.6 is 0 Å². The predicted molar refractivity (Wildman–Crippen MR) is 70.8 cm³/mol. The Labute approximate surface area is 109 Å². The zero-order valence-electron chi connectivity index (χ0n) is 10.4. The van der Waals surface area contributed by atoms with Crippen molar-refractivity contribution in [2.24, 2.45) is 5.73 Å². The molecule has 3 aromatic rings. The van der Waals surface area contributed by atoms with E-state index in [-0.39, 0.29) is 0 Å². The van der Waals surface area contributed by atoms with Crippen LogP contribution in [0.1, 0.15) is 11.1 Å². The summed E-state index contributed by atoms with van der Waals surface area (Å²) in [5.74, 6) is 1.19. The third-order valence-corrected chi connectivity index (χ3v) is 2.88. The minimum atomic E-state index is 0.458. The molecule has 0 atom stereocenters. The van der Waals surface area contributed by atoms with Crippen LogP contribution in [0.2, 0.25) is 0 Å². The summed E-state index contributed by atoms with van der Waals surface area (Å²) in [7, 11) is 0. The molecular formula is C13H13N5O. The van der Waals surface area contributed by atoms with Crippen molar-refractivity contribution in [3.05, 3.63) is 42.0 Å². The van der Waals surface area contributed by atoms with Gasteiger partial charge in [-0.2, -0.15) is 4.98 Å². The van der Waals surface area contributed by atoms with Crippen molar-refractivity contribution in [1.29, 1.82) is 0 Å². The number of nitrogens with one attached hydrogen (secondary N) is 1. The van der Waals surface area contributed by atoms with Crippen molar-refractivity contribution in [2.45, 2.75) is 13.5 Å². The molecule has 0 aliphatic heterocycles. The van der Waals surface area contributed by atoms with E-state index in [9.17, 15) is 0 Å². The molecule has 0 radical (unpaired) electrons. The molecule has 0 amide bonds. The third kappa shape index (κ3) is 2.13. The van der Waals surface area contributed by atoms with Crippen LogP contribution in [0.5, 0.6) is 11.6 Å². The van der Waals surface area contributed by atoms with Gasteiger partial charge in [-0.05, 0) is 24.1 Å². The molecule has 0 spiro atoms. The number of imidazole rings is 1. The van der Waals surface area contributed by atoms with E-state index in [2.05, 4.69) is 19.9 Å². The Morgan fingerprint density at radius 3 is 3.00 bits per heavy atom. The van der Waals surface area contributed by atoms with Gasteiger partial charge in [0.2, 0.25) is 5.88 Å². The number of aryl methyl sites for hydroxylation is 1. The highest BCUT2D eigenvalue weighted by atomic mass is 16.5. The second kappa shape index (κ2) is 4.66. The fourth-order valence-electron chi connectivity index (χ4n) is 1.81. The summed E-state index contributed by atoms with van der Waals surface area (Å²) in [6.07, 6.45) is 3.00. The van der Waals surface area contributed by atoms with Crippen LogP contribution in [0.25, 0.3) is 11.2 Å². The van der Waals surface area contributed by atoms with E-state index < -0.39 is 0 Å². The minimum absolute atomic E-state index is 0.458. The van der Waals surface area contributed by atoms with E-state index in [1.807, 2.05) is 25.1 Å². The number of benzene rings is 1. The molecule has 6 heteroatoms. The van der Waals surface area contributed by atoms with Crippen LogP contribution in [0, 0.1) is 6.92 Å². The lowest BCUT2D eigenvalue weighted by molar-refractivity contribution is 0.463. The molecule has 0 unspecified atom stereocenters. The summed E-state index contributed by atoms with van der Waals surface area (Å²) < 4.78 is 5.85. The van der Waals surface area contributed by atoms with Crippen molar-refractivity contribution < 1.29 is 4.74 Å². The van der Waals surface area contributed by atoms with Crippen molar-refractivity contribution in [1.82, 2.24) is 19.9 Å². The van der Waals surface area contributed by atoms with Crippen molar-refractivity contribution in [2.75, 3.05) is 0 Å². The van der Waals surface area contributed by atoms with Crippen LogP contribution in [0.4, 0.5) is 0 Å². The fourth-order valence-corrected chi connectivity index (χ4v) is 1.81. The molecule has 2 heterocycles. The number of fused-ring (bicyclic) bond motifs is 1. The fraction of sp³-hybridized carbons (Fsp3) is 0.154. The molecule has 0 saturated carbocycles. The number of hydrogen-bond acceptors (Lipinski definition) is 5. The molecule has 2 aromatic heterocycles. The highest BCUT2D eigenvalue weighted by Crippen LogP contribution is 2.27. The van der Waals surface area contributed by atoms with Crippen LogP contribution in [-0.2, 0) is 6.54 Å². The topological polar surface area (TPSA) is 89.7 Å². The van der Waals surface area contributed by atoms with Gasteiger partial charge in [0.05, 0.1) is 6.33 Å². The zero-order valence-corrected chi connectivity index (χ0v) is 10.4. The largest absolute Gasteiger partial charge is 0.437 e. The number of aromatic nitrogens is 4. The maximum Gasteiger partial charge on any atom is 0.248 e. The Hall–Kier alpha value is -2.47. The van der Waals surface area contributed by atoms with Gasteiger partial charge in [0.25, 0.3) is 0 Å². The summed E-state index contributed by atoms with van der Waals surface area (Å²) in [5, 5.41) is 0. The summed E-state index contributed by atoms with van der Waals surface area (Å²) in [6.45, 7) is 2.45. The molecule has 3 rings (SSSR count). The lowest BCUT2D eigenvalue weighted by atomic mass is 10.1. The maximum atomic E-state index is 5.85. The van der Waals surface area contributed by atoms with E-state index >= 15 is 0 Å². The normalized spacial score (nSPS) is 10.8. The molecule has 0 aliphatic rings. The number of rotatable bonds is 3. The molecule has 19 heavy (non-hydrogen) atoms. The van der Waals surface area contributed by atoms with Gasteiger partial charge in [-0.15, -0.1) is 0 Å². The Morgan fingerprint density at radius 2 is 2.16 bits per heavy atom. The van der Waals surface area contributed by atoms with Gasteiger partial charge < -0.3 is 15.5 Å². The van der Waals surface area contributed by atoms with Crippen molar-refractivity contribution >= 4 is 11.2 Å². The quantitative estimate of drug-likeness (QED) is 0.746. The van der Waals surface area contributed by atoms with Crippen molar-refractivity contribution in [3.8, 4) is 11.6 Å². The Morgan fingerprint density at radius 1 is 1.26 bits per heavy atom. The van der Waals surface area contributed by atoms with Crippen LogP contribution in [0.15, 0.2) is 30.9 Å². The van der Waals surface area contributed by atoms with E-state index in [0.29, 0.717) is 23.6 Å². The molecule has 1 aromatic carbocycles. The average Bonchev–Trinajstić information content (AvgIpc) is 2.90. The molecule has 0 fully saturated rings. The maximum absolute atomic E-state index is 5.85. The van der Waals surface area contributed by atoms with Gasteiger partial charge in [0.15, 0.2) is 5.65 Å². The van der Waals surface area contributed by atoms with Crippen molar-refractivity contribution in [3.63, 3.8) is 0 Å². The van der Waals surface area contributed by atoms with E-state index in [1.54, 1.807) is 6.33 Å². The van der Waals surface area contributed by atoms with Gasteiger partial charge in [-0.3, -0.25) is 0 Å². The zero-order chi connectivity index (χ0) is 13.2. The first kappa shape index (κ1) is 11.6. The highest BCUT2D eigenvalue weighted by molar-refractivity contribution is 5.75. The lowest BCUT2D eigenvalue weighted by Gasteiger charge is -2.09. The minimum Gasteiger partial charge on any atom is -0.437 e. The lowest BCUT2D eigenvalue weighted by Crippen LogP contribution is -1.98. The molecule has 0 bridgehead atoms. The summed E-state index contributed by atoms with van der Waals surface area (Å²) >= 11 is 0. The number of nitrogens with two attached hydrogens (primary N) is 1. The standard InChI is InChI=1S/C13H13N5O/c1-8-2-3-9(5-14)4-10(8)19-13-11-12(16-6-15-11)17-7-18-13/h2-4,6-7H,5,14H2,1H3,(H,15,16,17,18). The van der Waals surface area contributed by atoms with E-state index in [1.165, 1.54) is 6.33 Å². The smallest absolute Gasteiger partial charge is 0.248 e. The number of hydrogen-bond donors (Lipinski definition) is 2. The van der Waals surface area contributed by atoms with Crippen LogP contribution < -0.4 is 10.5 Å². The second-order valence-corrected chi connectivity index (χ2v) is 4.19. The Kier molecular flexibility index (Phi) is 2.85. The number of aromatic amines is 1. The highest BCUT2D eigenvalue weighted by Gasteiger charge is 2.09. The van der Waals surface area contributed by atoms with Gasteiger partial charge in [0, 0.05) is 6.54 Å². The first-order valence-electron chi connectivity index (χ1n) is 5.89. The summed E-state index contributed by atoms with van der Waals surface area (Å²) in [6, 6.07) is 5.87. The molecule has 0 saturated heterocycles.